The van der Waals surface area contributed by atoms with E-state index in [1.54, 1.807) is 35.5 Å². The van der Waals surface area contributed by atoms with Gasteiger partial charge < -0.3 is 9.47 Å². The summed E-state index contributed by atoms with van der Waals surface area (Å²) < 4.78 is 48.1. The Balaban J connectivity index is 1.37. The van der Waals surface area contributed by atoms with Crippen molar-refractivity contribution >= 4 is 6.09 Å². The molecular weight excluding hydrogens is 485 g/mol. The fraction of sp³-hybridized carbons (Fsp3) is 0.370. The van der Waals surface area contributed by atoms with Crippen molar-refractivity contribution in [2.24, 2.45) is 0 Å². The maximum atomic E-state index is 13.3. The zero-order valence-electron chi connectivity index (χ0n) is 20.3. The molecule has 2 aliphatic heterocycles. The lowest BCUT2D eigenvalue weighted by atomic mass is 9.70. The average Bonchev–Trinajstić information content (AvgIpc) is 3.08. The fourth-order valence-corrected chi connectivity index (χ4v) is 5.47. The molecular formula is C27H27F3N4O3. The zero-order chi connectivity index (χ0) is 26.1. The lowest BCUT2D eigenvalue weighted by molar-refractivity contribution is -0.274. The molecule has 0 N–H and O–H groups in total. The molecule has 1 amide bonds. The molecule has 1 unspecified atom stereocenters. The molecule has 2 saturated heterocycles. The number of halogens is 3. The van der Waals surface area contributed by atoms with Crippen LogP contribution in [0.25, 0.3) is 0 Å². The minimum Gasteiger partial charge on any atom is -0.440 e. The quantitative estimate of drug-likeness (QED) is 0.448. The normalized spacial score (nSPS) is 21.7. The fourth-order valence-electron chi connectivity index (χ4n) is 5.47. The van der Waals surface area contributed by atoms with Crippen LogP contribution in [-0.4, -0.2) is 50.9 Å². The highest BCUT2D eigenvalue weighted by Crippen LogP contribution is 2.52. The largest absolute Gasteiger partial charge is 0.573 e. The van der Waals surface area contributed by atoms with Crippen molar-refractivity contribution in [1.82, 2.24) is 19.8 Å². The molecule has 2 aliphatic rings. The number of carbonyl (C=O) groups is 1. The van der Waals surface area contributed by atoms with Crippen molar-refractivity contribution in [3.8, 4) is 5.75 Å². The van der Waals surface area contributed by atoms with Crippen molar-refractivity contribution in [3.05, 3.63) is 90.0 Å². The van der Waals surface area contributed by atoms with Crippen molar-refractivity contribution in [2.75, 3.05) is 13.1 Å². The second-order valence-corrected chi connectivity index (χ2v) is 9.52. The smallest absolute Gasteiger partial charge is 0.440 e. The summed E-state index contributed by atoms with van der Waals surface area (Å²) in [6, 6.07) is 17.6. The van der Waals surface area contributed by atoms with Crippen LogP contribution >= 0.6 is 0 Å². The van der Waals surface area contributed by atoms with Gasteiger partial charge in [-0.1, -0.05) is 42.5 Å². The van der Waals surface area contributed by atoms with Crippen LogP contribution in [0.4, 0.5) is 18.0 Å². The van der Waals surface area contributed by atoms with Gasteiger partial charge in [0.25, 0.3) is 0 Å². The number of hydrogen-bond acceptors (Lipinski definition) is 6. The molecule has 1 spiro atoms. The van der Waals surface area contributed by atoms with Gasteiger partial charge in [0.1, 0.15) is 22.7 Å². The van der Waals surface area contributed by atoms with Gasteiger partial charge in [-0.2, -0.15) is 0 Å². The molecule has 0 bridgehead atoms. The van der Waals surface area contributed by atoms with Crippen molar-refractivity contribution in [2.45, 2.75) is 50.4 Å². The molecule has 7 nitrogen and oxygen atoms in total. The Labute approximate surface area is 212 Å². The number of alkyl halides is 3. The standard InChI is InChI=1S/C27H27F3N4O3/c1-25(21-8-3-2-4-9-21)26(37-24(35)34(25)19-23-31-13-6-14-32-23)11-15-33(16-12-26)18-20-7-5-10-22(17-20)36-27(28,29)30/h2-10,13-14,17H,11-12,15-16,18-19H2,1H3. The first kappa shape index (κ1) is 25.0. The third-order valence-corrected chi connectivity index (χ3v) is 7.39. The Hall–Kier alpha value is -3.66. The Morgan fingerprint density at radius 2 is 1.68 bits per heavy atom. The highest BCUT2D eigenvalue weighted by atomic mass is 19.4. The number of carbonyl (C=O) groups excluding carboxylic acids is 1. The van der Waals surface area contributed by atoms with E-state index < -0.39 is 23.6 Å². The lowest BCUT2D eigenvalue weighted by Gasteiger charge is -2.48. The first-order chi connectivity index (χ1) is 17.7. The average molecular weight is 513 g/mol. The monoisotopic (exact) mass is 512 g/mol. The van der Waals surface area contributed by atoms with Crippen LogP contribution in [0.1, 0.15) is 36.7 Å². The van der Waals surface area contributed by atoms with Gasteiger partial charge in [0.2, 0.25) is 0 Å². The lowest BCUT2D eigenvalue weighted by Crippen LogP contribution is -2.58. The number of aromatic nitrogens is 2. The van der Waals surface area contributed by atoms with E-state index in [1.807, 2.05) is 37.3 Å². The summed E-state index contributed by atoms with van der Waals surface area (Å²) in [4.78, 5) is 25.8. The molecule has 10 heteroatoms. The summed E-state index contributed by atoms with van der Waals surface area (Å²) in [5.74, 6) is 0.288. The van der Waals surface area contributed by atoms with E-state index >= 15 is 0 Å². The second-order valence-electron chi connectivity index (χ2n) is 9.52. The van der Waals surface area contributed by atoms with Crippen LogP contribution in [0.5, 0.6) is 5.75 Å². The Morgan fingerprint density at radius 1 is 0.973 bits per heavy atom. The highest BCUT2D eigenvalue weighted by Gasteiger charge is 2.63. The van der Waals surface area contributed by atoms with E-state index in [-0.39, 0.29) is 12.3 Å². The van der Waals surface area contributed by atoms with Gasteiger partial charge >= 0.3 is 12.5 Å². The van der Waals surface area contributed by atoms with E-state index in [4.69, 9.17) is 4.74 Å². The van der Waals surface area contributed by atoms with Gasteiger partial charge in [0.05, 0.1) is 6.54 Å². The molecule has 0 radical (unpaired) electrons. The summed E-state index contributed by atoms with van der Waals surface area (Å²) >= 11 is 0. The first-order valence-corrected chi connectivity index (χ1v) is 12.1. The molecule has 1 aromatic heterocycles. The van der Waals surface area contributed by atoms with E-state index in [2.05, 4.69) is 19.6 Å². The molecule has 5 rings (SSSR count). The van der Waals surface area contributed by atoms with Crippen LogP contribution in [0.2, 0.25) is 0 Å². The molecule has 3 heterocycles. The van der Waals surface area contributed by atoms with Crippen LogP contribution < -0.4 is 4.74 Å². The number of likely N-dealkylation sites (tertiary alicyclic amines) is 1. The van der Waals surface area contributed by atoms with Crippen molar-refractivity contribution in [3.63, 3.8) is 0 Å². The number of hydrogen-bond donors (Lipinski definition) is 0. The van der Waals surface area contributed by atoms with Crippen LogP contribution in [0.15, 0.2) is 73.1 Å². The number of nitrogens with zero attached hydrogens (tertiary/aromatic N) is 4. The summed E-state index contributed by atoms with van der Waals surface area (Å²) in [7, 11) is 0. The van der Waals surface area contributed by atoms with Crippen molar-refractivity contribution < 1.29 is 27.4 Å². The van der Waals surface area contributed by atoms with Gasteiger partial charge in [-0.15, -0.1) is 13.2 Å². The van der Waals surface area contributed by atoms with Gasteiger partial charge in [0, 0.05) is 44.9 Å². The van der Waals surface area contributed by atoms with Gasteiger partial charge in [0.15, 0.2) is 0 Å². The molecule has 3 aromatic rings. The van der Waals surface area contributed by atoms with Crippen LogP contribution in [0.3, 0.4) is 0 Å². The number of rotatable bonds is 6. The SMILES string of the molecule is CC1(c2ccccc2)N(Cc2ncccn2)C(=O)OC12CCN(Cc1cccc(OC(F)(F)F)c1)CC2. The maximum absolute atomic E-state index is 13.3. The minimum atomic E-state index is -4.74. The Kier molecular flexibility index (Phi) is 6.53. The van der Waals surface area contributed by atoms with E-state index in [9.17, 15) is 18.0 Å². The maximum Gasteiger partial charge on any atom is 0.573 e. The molecule has 37 heavy (non-hydrogen) atoms. The number of ether oxygens (including phenoxy) is 2. The summed E-state index contributed by atoms with van der Waals surface area (Å²) in [5.41, 5.74) is 0.131. The predicted molar refractivity (Wildman–Crippen MR) is 128 cm³/mol. The molecule has 0 saturated carbocycles. The molecule has 194 valence electrons. The Morgan fingerprint density at radius 3 is 2.35 bits per heavy atom. The Bertz CT molecular complexity index is 1230. The number of amides is 1. The first-order valence-electron chi connectivity index (χ1n) is 12.1. The second kappa shape index (κ2) is 9.66. The zero-order valence-corrected chi connectivity index (χ0v) is 20.3. The van der Waals surface area contributed by atoms with E-state index in [1.165, 1.54) is 12.1 Å². The van der Waals surface area contributed by atoms with Gasteiger partial charge in [-0.25, -0.2) is 14.8 Å². The number of benzene rings is 2. The van der Waals surface area contributed by atoms with Crippen LogP contribution in [0, 0.1) is 0 Å². The minimum absolute atomic E-state index is 0.211. The molecule has 2 fully saturated rings. The van der Waals surface area contributed by atoms with Gasteiger partial charge in [-0.3, -0.25) is 9.80 Å². The predicted octanol–water partition coefficient (Wildman–Crippen LogP) is 5.28. The summed E-state index contributed by atoms with van der Waals surface area (Å²) in [6.45, 7) is 3.92. The van der Waals surface area contributed by atoms with Gasteiger partial charge in [-0.05, 0) is 36.2 Å². The van der Waals surface area contributed by atoms with Crippen LogP contribution in [-0.2, 0) is 23.4 Å². The highest BCUT2D eigenvalue weighted by molar-refractivity contribution is 5.73. The molecule has 1 atom stereocenters. The molecule has 0 aliphatic carbocycles. The third kappa shape index (κ3) is 4.98. The topological polar surface area (TPSA) is 67.8 Å². The summed E-state index contributed by atoms with van der Waals surface area (Å²) in [5, 5.41) is 0. The summed E-state index contributed by atoms with van der Waals surface area (Å²) in [6.07, 6.45) is -0.728. The van der Waals surface area contributed by atoms with E-state index in [0.29, 0.717) is 38.3 Å². The van der Waals surface area contributed by atoms with Crippen molar-refractivity contribution in [1.29, 1.82) is 0 Å². The third-order valence-electron chi connectivity index (χ3n) is 7.39. The number of piperidine rings is 1. The van der Waals surface area contributed by atoms with E-state index in [0.717, 1.165) is 11.1 Å². The molecule has 2 aromatic carbocycles.